The number of benzene rings is 2. The molecule has 0 bridgehead atoms. The summed E-state index contributed by atoms with van der Waals surface area (Å²) in [6.07, 6.45) is 1.19. The Morgan fingerprint density at radius 1 is 1.04 bits per heavy atom. The molecular formula is C18H21ClN2O3S. The van der Waals surface area contributed by atoms with Crippen molar-refractivity contribution in [1.29, 1.82) is 0 Å². The molecule has 0 saturated carbocycles. The Morgan fingerprint density at radius 3 is 2.36 bits per heavy atom. The van der Waals surface area contributed by atoms with Gasteiger partial charge >= 0.3 is 0 Å². The third kappa shape index (κ3) is 5.29. The van der Waals surface area contributed by atoms with Gasteiger partial charge in [-0.05, 0) is 34.4 Å². The maximum absolute atomic E-state index is 12.2. The summed E-state index contributed by atoms with van der Waals surface area (Å²) in [6, 6.07) is 12.9. The van der Waals surface area contributed by atoms with Crippen LogP contribution in [0.15, 0.2) is 42.5 Å². The van der Waals surface area contributed by atoms with Gasteiger partial charge < -0.3 is 10.6 Å². The number of hydrogen-bond acceptors (Lipinski definition) is 4. The zero-order valence-electron chi connectivity index (χ0n) is 13.9. The molecule has 0 spiro atoms. The molecule has 1 heterocycles. The third-order valence-corrected chi connectivity index (χ3v) is 4.86. The van der Waals surface area contributed by atoms with Crippen LogP contribution in [0.2, 0.25) is 0 Å². The summed E-state index contributed by atoms with van der Waals surface area (Å²) in [7, 11) is -3.07. The van der Waals surface area contributed by atoms with E-state index in [0.29, 0.717) is 17.7 Å². The lowest BCUT2D eigenvalue weighted by Crippen LogP contribution is -2.22. The number of rotatable bonds is 5. The number of carbonyl (C=O) groups is 1. The predicted molar refractivity (Wildman–Crippen MR) is 100 cm³/mol. The Labute approximate surface area is 154 Å². The fraction of sp³-hybridized carbons (Fsp3) is 0.278. The summed E-state index contributed by atoms with van der Waals surface area (Å²) < 4.78 is 22.6. The van der Waals surface area contributed by atoms with Crippen molar-refractivity contribution < 1.29 is 13.2 Å². The zero-order valence-corrected chi connectivity index (χ0v) is 15.5. The average Bonchev–Trinajstić information content (AvgIpc) is 2.99. The van der Waals surface area contributed by atoms with Crippen LogP contribution < -0.4 is 10.6 Å². The van der Waals surface area contributed by atoms with Crippen LogP contribution in [0.25, 0.3) is 0 Å². The minimum absolute atomic E-state index is 0. The SMILES string of the molecule is CS(=O)(=O)Cc1ccc(C(=O)NCc2ccc3c(c2)CNC3)cc1.Cl. The second-order valence-corrected chi connectivity index (χ2v) is 8.30. The minimum atomic E-state index is -3.07. The molecule has 0 unspecified atom stereocenters. The first-order valence-electron chi connectivity index (χ1n) is 7.77. The molecule has 25 heavy (non-hydrogen) atoms. The Hall–Kier alpha value is -1.89. The first-order valence-corrected chi connectivity index (χ1v) is 9.83. The molecule has 0 saturated heterocycles. The Morgan fingerprint density at radius 2 is 1.68 bits per heavy atom. The molecule has 134 valence electrons. The number of fused-ring (bicyclic) bond motifs is 1. The molecule has 0 atom stereocenters. The van der Waals surface area contributed by atoms with Gasteiger partial charge in [-0.1, -0.05) is 30.3 Å². The van der Waals surface area contributed by atoms with Gasteiger partial charge in [-0.25, -0.2) is 8.42 Å². The molecule has 0 aromatic heterocycles. The summed E-state index contributed by atoms with van der Waals surface area (Å²) in [5, 5.41) is 6.19. The number of sulfone groups is 1. The molecular weight excluding hydrogens is 360 g/mol. The molecule has 7 heteroatoms. The van der Waals surface area contributed by atoms with Crippen molar-refractivity contribution in [2.75, 3.05) is 6.26 Å². The van der Waals surface area contributed by atoms with Crippen LogP contribution in [-0.2, 0) is 35.2 Å². The van der Waals surface area contributed by atoms with Gasteiger partial charge in [0.2, 0.25) is 0 Å². The van der Waals surface area contributed by atoms with Crippen molar-refractivity contribution >= 4 is 28.2 Å². The lowest BCUT2D eigenvalue weighted by molar-refractivity contribution is 0.0951. The van der Waals surface area contributed by atoms with E-state index in [9.17, 15) is 13.2 Å². The maximum Gasteiger partial charge on any atom is 0.251 e. The molecule has 1 aliphatic heterocycles. The quantitative estimate of drug-likeness (QED) is 0.833. The summed E-state index contributed by atoms with van der Waals surface area (Å²) >= 11 is 0. The van der Waals surface area contributed by atoms with Gasteiger partial charge in [0.15, 0.2) is 9.84 Å². The number of nitrogens with one attached hydrogen (secondary N) is 2. The van der Waals surface area contributed by atoms with Gasteiger partial charge in [-0.2, -0.15) is 0 Å². The normalized spacial score (nSPS) is 13.0. The van der Waals surface area contributed by atoms with Crippen molar-refractivity contribution in [3.63, 3.8) is 0 Å². The topological polar surface area (TPSA) is 75.3 Å². The van der Waals surface area contributed by atoms with Gasteiger partial charge in [0.05, 0.1) is 5.75 Å². The van der Waals surface area contributed by atoms with Crippen LogP contribution in [0.3, 0.4) is 0 Å². The first kappa shape index (κ1) is 19.4. The summed E-state index contributed by atoms with van der Waals surface area (Å²) in [6.45, 7) is 2.25. The summed E-state index contributed by atoms with van der Waals surface area (Å²) in [4.78, 5) is 12.2. The second-order valence-electron chi connectivity index (χ2n) is 6.16. The van der Waals surface area contributed by atoms with Crippen LogP contribution >= 0.6 is 12.4 Å². The molecule has 1 amide bonds. The largest absolute Gasteiger partial charge is 0.348 e. The summed E-state index contributed by atoms with van der Waals surface area (Å²) in [5.74, 6) is -0.183. The number of halogens is 1. The second kappa shape index (κ2) is 7.99. The van der Waals surface area contributed by atoms with Crippen molar-refractivity contribution in [2.24, 2.45) is 0 Å². The lowest BCUT2D eigenvalue weighted by atomic mass is 10.1. The minimum Gasteiger partial charge on any atom is -0.348 e. The van der Waals surface area contributed by atoms with Crippen LogP contribution in [0, 0.1) is 0 Å². The molecule has 0 fully saturated rings. The average molecular weight is 381 g/mol. The van der Waals surface area contributed by atoms with Gasteiger partial charge in [-0.15, -0.1) is 12.4 Å². The zero-order chi connectivity index (χ0) is 17.2. The fourth-order valence-corrected chi connectivity index (χ4v) is 3.60. The van der Waals surface area contributed by atoms with Crippen molar-refractivity contribution in [2.45, 2.75) is 25.4 Å². The monoisotopic (exact) mass is 380 g/mol. The molecule has 2 aromatic carbocycles. The fourth-order valence-electron chi connectivity index (χ4n) is 2.80. The Bertz CT molecular complexity index is 864. The molecule has 5 nitrogen and oxygen atoms in total. The van der Waals surface area contributed by atoms with Crippen molar-refractivity contribution in [3.8, 4) is 0 Å². The molecule has 0 radical (unpaired) electrons. The van der Waals surface area contributed by atoms with Crippen molar-refractivity contribution in [3.05, 3.63) is 70.3 Å². The van der Waals surface area contributed by atoms with Gasteiger partial charge in [-0.3, -0.25) is 4.79 Å². The van der Waals surface area contributed by atoms with Crippen LogP contribution in [-0.4, -0.2) is 20.6 Å². The smallest absolute Gasteiger partial charge is 0.251 e. The number of amides is 1. The standard InChI is InChI=1S/C18H20N2O3S.ClH/c1-24(22,23)12-13-2-5-15(6-3-13)18(21)20-9-14-4-7-16-10-19-11-17(16)8-14;/h2-8,19H,9-12H2,1H3,(H,20,21);1H. The van der Waals surface area contributed by atoms with E-state index >= 15 is 0 Å². The van der Waals surface area contributed by atoms with E-state index in [0.717, 1.165) is 18.7 Å². The molecule has 1 aliphatic rings. The van der Waals surface area contributed by atoms with Crippen LogP contribution in [0.4, 0.5) is 0 Å². The maximum atomic E-state index is 12.2. The third-order valence-electron chi connectivity index (χ3n) is 4.00. The lowest BCUT2D eigenvalue weighted by Gasteiger charge is -2.08. The highest BCUT2D eigenvalue weighted by atomic mass is 35.5. The van der Waals surface area contributed by atoms with E-state index in [1.165, 1.54) is 17.4 Å². The molecule has 2 aromatic rings. The van der Waals surface area contributed by atoms with Gasteiger partial charge in [0, 0.05) is 31.5 Å². The molecule has 2 N–H and O–H groups in total. The first-order chi connectivity index (χ1) is 11.4. The van der Waals surface area contributed by atoms with E-state index in [1.807, 2.05) is 6.07 Å². The van der Waals surface area contributed by atoms with E-state index in [2.05, 4.69) is 22.8 Å². The highest BCUT2D eigenvalue weighted by Crippen LogP contribution is 2.17. The van der Waals surface area contributed by atoms with E-state index in [1.54, 1.807) is 24.3 Å². The van der Waals surface area contributed by atoms with Crippen LogP contribution in [0.5, 0.6) is 0 Å². The molecule has 0 aliphatic carbocycles. The van der Waals surface area contributed by atoms with Crippen LogP contribution in [0.1, 0.15) is 32.6 Å². The predicted octanol–water partition coefficient (Wildman–Crippen LogP) is 2.19. The number of carbonyl (C=O) groups excluding carboxylic acids is 1. The summed E-state index contributed by atoms with van der Waals surface area (Å²) in [5.41, 5.74) is 4.87. The number of hydrogen-bond donors (Lipinski definition) is 2. The van der Waals surface area contributed by atoms with E-state index in [4.69, 9.17) is 0 Å². The van der Waals surface area contributed by atoms with Crippen molar-refractivity contribution in [1.82, 2.24) is 10.6 Å². The van der Waals surface area contributed by atoms with Gasteiger partial charge in [0.25, 0.3) is 5.91 Å². The Balaban J connectivity index is 0.00000225. The van der Waals surface area contributed by atoms with E-state index in [-0.39, 0.29) is 24.1 Å². The highest BCUT2D eigenvalue weighted by Gasteiger charge is 2.11. The molecule has 3 rings (SSSR count). The Kier molecular flexibility index (Phi) is 6.21. The van der Waals surface area contributed by atoms with Gasteiger partial charge in [0.1, 0.15) is 0 Å². The highest BCUT2D eigenvalue weighted by molar-refractivity contribution is 7.89. The van der Waals surface area contributed by atoms with E-state index < -0.39 is 9.84 Å².